The van der Waals surface area contributed by atoms with Crippen molar-refractivity contribution in [2.24, 2.45) is 5.16 Å². The smallest absolute Gasteiger partial charge is 0.339 e. The lowest BCUT2D eigenvalue weighted by molar-refractivity contribution is 0.0599. The molecule has 0 unspecified atom stereocenters. The van der Waals surface area contributed by atoms with Gasteiger partial charge in [-0.1, -0.05) is 11.2 Å². The fourth-order valence-electron chi connectivity index (χ4n) is 0.956. The first-order chi connectivity index (χ1) is 6.69. The highest BCUT2D eigenvalue weighted by molar-refractivity contribution is 9.10. The number of ether oxygens (including phenoxy) is 1. The average Bonchev–Trinajstić information content (AvgIpc) is 2.20. The van der Waals surface area contributed by atoms with E-state index in [2.05, 4.69) is 25.8 Å². The summed E-state index contributed by atoms with van der Waals surface area (Å²) in [7, 11) is 1.31. The molecule has 0 fully saturated rings. The largest absolute Gasteiger partial charge is 0.465 e. The summed E-state index contributed by atoms with van der Waals surface area (Å²) in [6.07, 6.45) is 1.23. The summed E-state index contributed by atoms with van der Waals surface area (Å²) in [6.45, 7) is 0. The zero-order valence-electron chi connectivity index (χ0n) is 7.40. The Morgan fingerprint density at radius 3 is 2.93 bits per heavy atom. The van der Waals surface area contributed by atoms with Gasteiger partial charge in [-0.2, -0.15) is 0 Å². The molecule has 0 atom stereocenters. The van der Waals surface area contributed by atoms with Gasteiger partial charge < -0.3 is 9.94 Å². The SMILES string of the molecule is COC(=O)c1cc(/C=N\O)ccc1Br. The van der Waals surface area contributed by atoms with E-state index in [4.69, 9.17) is 5.21 Å². The molecular formula is C9H8BrNO3. The van der Waals surface area contributed by atoms with E-state index in [9.17, 15) is 4.79 Å². The molecular weight excluding hydrogens is 250 g/mol. The van der Waals surface area contributed by atoms with Crippen LogP contribution in [-0.2, 0) is 4.74 Å². The number of hydrogen-bond donors (Lipinski definition) is 1. The monoisotopic (exact) mass is 257 g/mol. The van der Waals surface area contributed by atoms with Crippen molar-refractivity contribution < 1.29 is 14.7 Å². The molecule has 0 aromatic heterocycles. The molecule has 1 rings (SSSR count). The zero-order chi connectivity index (χ0) is 10.6. The number of nitrogens with zero attached hydrogens (tertiary/aromatic N) is 1. The van der Waals surface area contributed by atoms with Crippen molar-refractivity contribution in [3.8, 4) is 0 Å². The molecule has 0 spiro atoms. The summed E-state index contributed by atoms with van der Waals surface area (Å²) in [6, 6.07) is 4.95. The van der Waals surface area contributed by atoms with Crippen molar-refractivity contribution in [2.75, 3.05) is 7.11 Å². The Bertz CT molecular complexity index is 376. The van der Waals surface area contributed by atoms with Crippen LogP contribution in [0.5, 0.6) is 0 Å². The number of carbonyl (C=O) groups is 1. The first-order valence-electron chi connectivity index (χ1n) is 3.74. The minimum atomic E-state index is -0.440. The second-order valence-corrected chi connectivity index (χ2v) is 3.33. The van der Waals surface area contributed by atoms with Gasteiger partial charge in [0.1, 0.15) is 0 Å². The highest BCUT2D eigenvalue weighted by atomic mass is 79.9. The fraction of sp³-hybridized carbons (Fsp3) is 0.111. The molecule has 14 heavy (non-hydrogen) atoms. The van der Waals surface area contributed by atoms with Gasteiger partial charge in [0.15, 0.2) is 0 Å². The maximum absolute atomic E-state index is 11.2. The van der Waals surface area contributed by atoms with Gasteiger partial charge in [0, 0.05) is 4.47 Å². The van der Waals surface area contributed by atoms with E-state index in [0.717, 1.165) is 0 Å². The Morgan fingerprint density at radius 1 is 1.64 bits per heavy atom. The van der Waals surface area contributed by atoms with Crippen LogP contribution in [0.15, 0.2) is 27.8 Å². The molecule has 0 aliphatic rings. The Kier molecular flexibility index (Phi) is 3.64. The first-order valence-corrected chi connectivity index (χ1v) is 4.53. The molecule has 0 saturated heterocycles. The van der Waals surface area contributed by atoms with Gasteiger partial charge in [0.05, 0.1) is 18.9 Å². The molecule has 0 aliphatic heterocycles. The van der Waals surface area contributed by atoms with Gasteiger partial charge in [-0.15, -0.1) is 0 Å². The normalized spacial score (nSPS) is 10.4. The molecule has 0 aliphatic carbocycles. The molecule has 4 nitrogen and oxygen atoms in total. The predicted octanol–water partition coefficient (Wildman–Crippen LogP) is 2.04. The summed E-state index contributed by atoms with van der Waals surface area (Å²) in [4.78, 5) is 11.2. The van der Waals surface area contributed by atoms with E-state index < -0.39 is 5.97 Å². The van der Waals surface area contributed by atoms with E-state index in [-0.39, 0.29) is 0 Å². The molecule has 1 aromatic rings. The Morgan fingerprint density at radius 2 is 2.36 bits per heavy atom. The topological polar surface area (TPSA) is 58.9 Å². The number of rotatable bonds is 2. The van der Waals surface area contributed by atoms with Crippen LogP contribution in [0.1, 0.15) is 15.9 Å². The van der Waals surface area contributed by atoms with Gasteiger partial charge in [-0.3, -0.25) is 0 Å². The van der Waals surface area contributed by atoms with Crippen molar-refractivity contribution in [2.45, 2.75) is 0 Å². The van der Waals surface area contributed by atoms with Crippen LogP contribution in [0.3, 0.4) is 0 Å². The molecule has 0 bridgehead atoms. The fourth-order valence-corrected chi connectivity index (χ4v) is 1.36. The Hall–Kier alpha value is -1.36. The minimum Gasteiger partial charge on any atom is -0.465 e. The minimum absolute atomic E-state index is 0.393. The van der Waals surface area contributed by atoms with E-state index in [1.54, 1.807) is 18.2 Å². The number of carbonyl (C=O) groups excluding carboxylic acids is 1. The summed E-state index contributed by atoms with van der Waals surface area (Å²) < 4.78 is 5.21. The molecule has 1 aromatic carbocycles. The van der Waals surface area contributed by atoms with Gasteiger partial charge in [0.25, 0.3) is 0 Å². The van der Waals surface area contributed by atoms with Gasteiger partial charge in [-0.25, -0.2) is 4.79 Å². The van der Waals surface area contributed by atoms with Gasteiger partial charge >= 0.3 is 5.97 Å². The van der Waals surface area contributed by atoms with Crippen molar-refractivity contribution in [1.29, 1.82) is 0 Å². The zero-order valence-corrected chi connectivity index (χ0v) is 8.98. The highest BCUT2D eigenvalue weighted by Gasteiger charge is 2.10. The third-order valence-electron chi connectivity index (χ3n) is 1.60. The second-order valence-electron chi connectivity index (χ2n) is 2.48. The predicted molar refractivity (Wildman–Crippen MR) is 54.9 cm³/mol. The van der Waals surface area contributed by atoms with Crippen LogP contribution in [0.2, 0.25) is 0 Å². The third kappa shape index (κ3) is 2.32. The van der Waals surface area contributed by atoms with Crippen molar-refractivity contribution in [3.63, 3.8) is 0 Å². The van der Waals surface area contributed by atoms with Crippen LogP contribution in [0, 0.1) is 0 Å². The molecule has 74 valence electrons. The number of benzene rings is 1. The lowest BCUT2D eigenvalue weighted by atomic mass is 10.1. The van der Waals surface area contributed by atoms with E-state index in [1.807, 2.05) is 0 Å². The quantitative estimate of drug-likeness (QED) is 0.382. The molecule has 0 radical (unpaired) electrons. The third-order valence-corrected chi connectivity index (χ3v) is 2.29. The van der Waals surface area contributed by atoms with Gasteiger partial charge in [0.2, 0.25) is 0 Å². The first kappa shape index (κ1) is 10.7. The van der Waals surface area contributed by atoms with Crippen LogP contribution in [-0.4, -0.2) is 24.5 Å². The van der Waals surface area contributed by atoms with E-state index >= 15 is 0 Å². The second kappa shape index (κ2) is 4.76. The Labute approximate surface area is 89.3 Å². The lowest BCUT2D eigenvalue weighted by Gasteiger charge is -2.02. The number of oxime groups is 1. The molecule has 0 saturated carbocycles. The maximum atomic E-state index is 11.2. The standard InChI is InChI=1S/C9H8BrNO3/c1-14-9(12)7-4-6(5-11-13)2-3-8(7)10/h2-5,13H,1H3/b11-5-. The Balaban J connectivity index is 3.14. The summed E-state index contributed by atoms with van der Waals surface area (Å²) in [5, 5.41) is 11.2. The van der Waals surface area contributed by atoms with Crippen LogP contribution in [0.4, 0.5) is 0 Å². The molecule has 5 heteroatoms. The average molecular weight is 258 g/mol. The van der Waals surface area contributed by atoms with Crippen molar-refractivity contribution >= 4 is 28.1 Å². The number of hydrogen-bond acceptors (Lipinski definition) is 4. The highest BCUT2D eigenvalue weighted by Crippen LogP contribution is 2.18. The van der Waals surface area contributed by atoms with Crippen LogP contribution < -0.4 is 0 Å². The van der Waals surface area contributed by atoms with Crippen molar-refractivity contribution in [3.05, 3.63) is 33.8 Å². The molecule has 0 heterocycles. The van der Waals surface area contributed by atoms with E-state index in [1.165, 1.54) is 13.3 Å². The van der Waals surface area contributed by atoms with Crippen LogP contribution >= 0.6 is 15.9 Å². The van der Waals surface area contributed by atoms with Crippen molar-refractivity contribution in [1.82, 2.24) is 0 Å². The number of halogens is 1. The molecule has 0 amide bonds. The lowest BCUT2D eigenvalue weighted by Crippen LogP contribution is -2.03. The summed E-state index contributed by atoms with van der Waals surface area (Å²) in [5.41, 5.74) is 1.01. The summed E-state index contributed by atoms with van der Waals surface area (Å²) in [5.74, 6) is -0.440. The number of esters is 1. The van der Waals surface area contributed by atoms with Crippen LogP contribution in [0.25, 0.3) is 0 Å². The molecule has 1 N–H and O–H groups in total. The summed E-state index contributed by atoms with van der Waals surface area (Å²) >= 11 is 3.22. The van der Waals surface area contributed by atoms with Gasteiger partial charge in [-0.05, 0) is 33.6 Å². The maximum Gasteiger partial charge on any atom is 0.339 e. The number of methoxy groups -OCH3 is 1. The van der Waals surface area contributed by atoms with E-state index in [0.29, 0.717) is 15.6 Å².